The summed E-state index contributed by atoms with van der Waals surface area (Å²) in [5.41, 5.74) is 1.47. The summed E-state index contributed by atoms with van der Waals surface area (Å²) in [5, 5.41) is 3.48. The topological polar surface area (TPSA) is 78.5 Å². The van der Waals surface area contributed by atoms with Crippen LogP contribution < -0.4 is 10.7 Å². The van der Waals surface area contributed by atoms with Gasteiger partial charge in [0.25, 0.3) is 5.91 Å². The number of imide groups is 1. The van der Waals surface area contributed by atoms with Gasteiger partial charge in [0.15, 0.2) is 0 Å². The Labute approximate surface area is 159 Å². The minimum atomic E-state index is -0.894. The molecule has 140 valence electrons. The molecule has 2 aliphatic rings. The summed E-state index contributed by atoms with van der Waals surface area (Å²) in [6.07, 6.45) is 2.87. The van der Waals surface area contributed by atoms with E-state index >= 15 is 0 Å². The first-order valence-corrected chi connectivity index (χ1v) is 9.71. The number of nitrogens with one attached hydrogen (secondary N) is 2. The second-order valence-corrected chi connectivity index (χ2v) is 8.19. The molecule has 0 atom stereocenters. The zero-order chi connectivity index (χ0) is 18.9. The fourth-order valence-electron chi connectivity index (χ4n) is 3.19. The molecule has 26 heavy (non-hydrogen) atoms. The highest BCUT2D eigenvalue weighted by atomic mass is 35.5. The average molecular weight is 400 g/mol. The lowest BCUT2D eigenvalue weighted by Gasteiger charge is -2.33. The second-order valence-electron chi connectivity index (χ2n) is 6.73. The Morgan fingerprint density at radius 2 is 2.12 bits per heavy atom. The van der Waals surface area contributed by atoms with Crippen LogP contribution in [0.1, 0.15) is 32.6 Å². The van der Waals surface area contributed by atoms with Crippen molar-refractivity contribution in [2.75, 3.05) is 5.75 Å². The van der Waals surface area contributed by atoms with Crippen molar-refractivity contribution >= 4 is 41.2 Å². The number of nitrogens with zero attached hydrogens (tertiary/aromatic N) is 1. The summed E-state index contributed by atoms with van der Waals surface area (Å²) in [6, 6.07) is 3.53. The Bertz CT molecular complexity index is 753. The third kappa shape index (κ3) is 3.81. The first kappa shape index (κ1) is 19.0. The predicted molar refractivity (Wildman–Crippen MR) is 96.0 cm³/mol. The lowest BCUT2D eigenvalue weighted by Crippen LogP contribution is -2.51. The molecular formula is C17H19ClFN3O3S. The van der Waals surface area contributed by atoms with Gasteiger partial charge in [-0.1, -0.05) is 18.5 Å². The molecule has 2 fully saturated rings. The molecular weight excluding hydrogens is 381 g/mol. The van der Waals surface area contributed by atoms with Crippen LogP contribution in [0.25, 0.3) is 0 Å². The maximum absolute atomic E-state index is 13.1. The molecule has 0 aromatic heterocycles. The van der Waals surface area contributed by atoms with E-state index in [1.54, 1.807) is 0 Å². The Balaban J connectivity index is 1.58. The van der Waals surface area contributed by atoms with E-state index in [-0.39, 0.29) is 10.8 Å². The zero-order valence-corrected chi connectivity index (χ0v) is 15.8. The van der Waals surface area contributed by atoms with Crippen LogP contribution in [0.2, 0.25) is 5.02 Å². The van der Waals surface area contributed by atoms with E-state index in [9.17, 15) is 18.8 Å². The van der Waals surface area contributed by atoms with Crippen molar-refractivity contribution in [3.63, 3.8) is 0 Å². The quantitative estimate of drug-likeness (QED) is 0.602. The van der Waals surface area contributed by atoms with E-state index in [0.29, 0.717) is 23.7 Å². The summed E-state index contributed by atoms with van der Waals surface area (Å²) in [5.74, 6) is -0.958. The smallest absolute Gasteiger partial charge is 0.322 e. The van der Waals surface area contributed by atoms with E-state index < -0.39 is 29.2 Å². The van der Waals surface area contributed by atoms with E-state index in [1.807, 2.05) is 0 Å². The van der Waals surface area contributed by atoms with E-state index in [0.717, 1.165) is 29.6 Å². The lowest BCUT2D eigenvalue weighted by molar-refractivity contribution is -0.139. The molecule has 6 nitrogen and oxygen atoms in total. The molecule has 1 saturated carbocycles. The van der Waals surface area contributed by atoms with Crippen molar-refractivity contribution in [1.82, 2.24) is 15.8 Å². The van der Waals surface area contributed by atoms with Crippen LogP contribution in [-0.2, 0) is 9.59 Å². The Hall–Kier alpha value is -1.80. The number of amides is 4. The average Bonchev–Trinajstić information content (AvgIpc) is 2.83. The monoisotopic (exact) mass is 399 g/mol. The third-order valence-corrected chi connectivity index (χ3v) is 6.07. The van der Waals surface area contributed by atoms with Crippen molar-refractivity contribution in [3.05, 3.63) is 29.0 Å². The van der Waals surface area contributed by atoms with Gasteiger partial charge in [0.2, 0.25) is 5.91 Å². The number of carbonyl (C=O) groups excluding carboxylic acids is 3. The molecule has 4 amide bonds. The Kier molecular flexibility index (Phi) is 5.43. The van der Waals surface area contributed by atoms with Gasteiger partial charge in [0.05, 0.1) is 10.8 Å². The van der Waals surface area contributed by atoms with Gasteiger partial charge in [0.1, 0.15) is 11.4 Å². The maximum Gasteiger partial charge on any atom is 0.344 e. The number of urea groups is 1. The van der Waals surface area contributed by atoms with Crippen molar-refractivity contribution in [1.29, 1.82) is 0 Å². The molecule has 1 aliphatic carbocycles. The first-order valence-electron chi connectivity index (χ1n) is 8.35. The standard InChI is InChI=1S/C17H19ClFN3O3S/c1-10-4-6-17(7-5-10)15(24)22(16(25)20-17)21-14(23)9-26-11-2-3-13(19)12(18)8-11/h2-3,8,10H,4-7,9H2,1H3,(H,20,25)(H,21,23). The fourth-order valence-corrected chi connectivity index (χ4v) is 4.16. The predicted octanol–water partition coefficient (Wildman–Crippen LogP) is 3.10. The number of hydrazine groups is 1. The number of thioether (sulfide) groups is 1. The number of halogens is 2. The summed E-state index contributed by atoms with van der Waals surface area (Å²) >= 11 is 6.83. The molecule has 0 bridgehead atoms. The van der Waals surface area contributed by atoms with Crippen molar-refractivity contribution in [2.45, 2.75) is 43.0 Å². The summed E-state index contributed by atoms with van der Waals surface area (Å²) in [7, 11) is 0. The van der Waals surface area contributed by atoms with Crippen LogP contribution in [0, 0.1) is 11.7 Å². The van der Waals surface area contributed by atoms with Crippen LogP contribution in [0.3, 0.4) is 0 Å². The number of carbonyl (C=O) groups is 3. The van der Waals surface area contributed by atoms with Crippen LogP contribution >= 0.6 is 23.4 Å². The minimum absolute atomic E-state index is 0.0297. The van der Waals surface area contributed by atoms with Gasteiger partial charge in [-0.2, -0.15) is 5.01 Å². The zero-order valence-electron chi connectivity index (χ0n) is 14.2. The minimum Gasteiger partial charge on any atom is -0.322 e. The molecule has 1 aliphatic heterocycles. The number of rotatable bonds is 4. The van der Waals surface area contributed by atoms with Crippen LogP contribution in [0.5, 0.6) is 0 Å². The van der Waals surface area contributed by atoms with Gasteiger partial charge in [-0.25, -0.2) is 9.18 Å². The molecule has 1 heterocycles. The molecule has 0 unspecified atom stereocenters. The van der Waals surface area contributed by atoms with Crippen LogP contribution in [0.4, 0.5) is 9.18 Å². The van der Waals surface area contributed by atoms with Gasteiger partial charge in [-0.15, -0.1) is 11.8 Å². The van der Waals surface area contributed by atoms with Crippen LogP contribution in [-0.4, -0.2) is 34.1 Å². The van der Waals surface area contributed by atoms with Crippen LogP contribution in [0.15, 0.2) is 23.1 Å². The highest BCUT2D eigenvalue weighted by molar-refractivity contribution is 8.00. The van der Waals surface area contributed by atoms with Crippen molar-refractivity contribution < 1.29 is 18.8 Å². The summed E-state index contributed by atoms with van der Waals surface area (Å²) in [6.45, 7) is 2.12. The van der Waals surface area contributed by atoms with E-state index in [4.69, 9.17) is 11.6 Å². The highest BCUT2D eigenvalue weighted by Crippen LogP contribution is 2.35. The number of hydrogen-bond donors (Lipinski definition) is 2. The van der Waals surface area contributed by atoms with Crippen molar-refractivity contribution in [3.8, 4) is 0 Å². The third-order valence-electron chi connectivity index (χ3n) is 4.79. The molecule has 0 radical (unpaired) electrons. The highest BCUT2D eigenvalue weighted by Gasteiger charge is 2.52. The molecule has 1 aromatic carbocycles. The van der Waals surface area contributed by atoms with Gasteiger partial charge >= 0.3 is 6.03 Å². The van der Waals surface area contributed by atoms with Gasteiger partial charge in [-0.05, 0) is 49.8 Å². The van der Waals surface area contributed by atoms with Gasteiger partial charge < -0.3 is 5.32 Å². The number of hydrogen-bond acceptors (Lipinski definition) is 4. The molecule has 1 spiro atoms. The first-order chi connectivity index (χ1) is 12.3. The molecule has 1 saturated heterocycles. The summed E-state index contributed by atoms with van der Waals surface area (Å²) < 4.78 is 13.1. The largest absolute Gasteiger partial charge is 0.344 e. The van der Waals surface area contributed by atoms with E-state index in [2.05, 4.69) is 17.7 Å². The van der Waals surface area contributed by atoms with Crippen molar-refractivity contribution in [2.24, 2.45) is 5.92 Å². The van der Waals surface area contributed by atoms with Gasteiger partial charge in [0, 0.05) is 4.90 Å². The molecule has 3 rings (SSSR count). The Morgan fingerprint density at radius 3 is 2.77 bits per heavy atom. The summed E-state index contributed by atoms with van der Waals surface area (Å²) in [4.78, 5) is 37.5. The Morgan fingerprint density at radius 1 is 1.42 bits per heavy atom. The normalized spacial score (nSPS) is 25.5. The van der Waals surface area contributed by atoms with E-state index in [1.165, 1.54) is 18.2 Å². The lowest BCUT2D eigenvalue weighted by atomic mass is 9.77. The molecule has 1 aromatic rings. The fraction of sp³-hybridized carbons (Fsp3) is 0.471. The van der Waals surface area contributed by atoms with Gasteiger partial charge in [-0.3, -0.25) is 15.0 Å². The molecule has 2 N–H and O–H groups in total. The number of benzene rings is 1. The maximum atomic E-state index is 13.1. The second kappa shape index (κ2) is 7.44. The SMILES string of the molecule is CC1CCC2(CC1)NC(=O)N(NC(=O)CSc1ccc(F)c(Cl)c1)C2=O. The molecule has 9 heteroatoms.